The number of rotatable bonds is 1. The summed E-state index contributed by atoms with van der Waals surface area (Å²) in [7, 11) is 0. The molecule has 0 aliphatic carbocycles. The molecule has 0 radical (unpaired) electrons. The van der Waals surface area contributed by atoms with E-state index >= 15 is 0 Å². The monoisotopic (exact) mass is 142 g/mol. The van der Waals surface area contributed by atoms with Crippen molar-refractivity contribution in [1.29, 1.82) is 0 Å². The summed E-state index contributed by atoms with van der Waals surface area (Å²) in [5.74, 6) is 0. The first kappa shape index (κ1) is 9.56. The first-order chi connectivity index (χ1) is 3.43. The number of aliphatic hydroxyl groups is 1. The van der Waals surface area contributed by atoms with Crippen LogP contribution in [0.2, 0.25) is 0 Å². The van der Waals surface area contributed by atoms with Crippen molar-refractivity contribution in [1.82, 2.24) is 0 Å². The van der Waals surface area contributed by atoms with Crippen LogP contribution in [-0.4, -0.2) is 75.8 Å². The van der Waals surface area contributed by atoms with E-state index in [2.05, 4.69) is 0 Å². The number of hydrogen-bond donors (Lipinski definition) is 1. The predicted molar refractivity (Wildman–Crippen MR) is 33.2 cm³/mol. The van der Waals surface area contributed by atoms with Gasteiger partial charge in [-0.05, 0) is 12.8 Å². The summed E-state index contributed by atoms with van der Waals surface area (Å²) in [6, 6.07) is 0. The summed E-state index contributed by atoms with van der Waals surface area (Å²) in [5, 5.41) is 8.44. The van der Waals surface area contributed by atoms with Crippen LogP contribution in [0.4, 0.5) is 0 Å². The van der Waals surface area contributed by atoms with Crippen LogP contribution in [0.3, 0.4) is 0 Å². The molecule has 0 amide bonds. The summed E-state index contributed by atoms with van der Waals surface area (Å²) < 4.78 is 5.05. The molecule has 8 heavy (non-hydrogen) atoms. The molecule has 44 valence electrons. The Balaban J connectivity index is 0.000000490. The van der Waals surface area contributed by atoms with Crippen molar-refractivity contribution in [3.05, 3.63) is 0 Å². The maximum atomic E-state index is 8.44. The van der Waals surface area contributed by atoms with Crippen molar-refractivity contribution < 1.29 is 9.84 Å². The molecule has 3 heteroatoms. The Morgan fingerprint density at radius 2 is 2.38 bits per heavy atom. The predicted octanol–water partition coefficient (Wildman–Crippen LogP) is -0.491. The van der Waals surface area contributed by atoms with E-state index in [0.29, 0.717) is 0 Å². The summed E-state index contributed by atoms with van der Waals surface area (Å²) in [4.78, 5) is 0. The van der Waals surface area contributed by atoms with E-state index in [9.17, 15) is 0 Å². The van der Waals surface area contributed by atoms with Crippen LogP contribution in [0.1, 0.15) is 12.8 Å². The van der Waals surface area contributed by atoms with Crippen LogP contribution in [0.25, 0.3) is 0 Å². The van der Waals surface area contributed by atoms with E-state index in [-0.39, 0.29) is 64.1 Å². The second kappa shape index (κ2) is 5.35. The van der Waals surface area contributed by atoms with Crippen LogP contribution in [-0.2, 0) is 4.74 Å². The van der Waals surface area contributed by atoms with E-state index in [4.69, 9.17) is 9.84 Å². The van der Waals surface area contributed by atoms with E-state index in [1.807, 2.05) is 0 Å². The van der Waals surface area contributed by atoms with Gasteiger partial charge in [-0.2, -0.15) is 0 Å². The summed E-state index contributed by atoms with van der Waals surface area (Å²) in [6.07, 6.45) is 2.31. The van der Waals surface area contributed by atoms with Crippen LogP contribution in [0.5, 0.6) is 0 Å². The van der Waals surface area contributed by atoms with Gasteiger partial charge in [0.15, 0.2) is 0 Å². The van der Waals surface area contributed by atoms with Gasteiger partial charge in [0.2, 0.25) is 0 Å². The van der Waals surface area contributed by atoms with Crippen molar-refractivity contribution in [3.63, 3.8) is 0 Å². The molecule has 1 aliphatic heterocycles. The molecular weight excluding hydrogens is 131 g/mol. The molecule has 0 aromatic heterocycles. The molecule has 0 aromatic rings. The molecule has 0 aromatic carbocycles. The fourth-order valence-corrected chi connectivity index (χ4v) is 0.788. The van der Waals surface area contributed by atoms with Crippen molar-refractivity contribution >= 4 is 51.4 Å². The number of ether oxygens (including phenoxy) is 1. The van der Waals surface area contributed by atoms with Gasteiger partial charge >= 0.3 is 51.4 Å². The Morgan fingerprint density at radius 3 is 2.62 bits per heavy atom. The summed E-state index contributed by atoms with van der Waals surface area (Å²) in [5.41, 5.74) is 0. The van der Waals surface area contributed by atoms with Crippen LogP contribution in [0.15, 0.2) is 0 Å². The van der Waals surface area contributed by atoms with E-state index < -0.39 is 0 Å². The van der Waals surface area contributed by atoms with Crippen molar-refractivity contribution in [2.45, 2.75) is 18.9 Å². The molecule has 1 atom stereocenters. The van der Waals surface area contributed by atoms with Gasteiger partial charge in [0.1, 0.15) is 0 Å². The van der Waals surface area contributed by atoms with Gasteiger partial charge in [-0.25, -0.2) is 0 Å². The fraction of sp³-hybridized carbons (Fsp3) is 1.00. The van der Waals surface area contributed by atoms with Gasteiger partial charge in [-0.3, -0.25) is 0 Å². The topological polar surface area (TPSA) is 29.5 Å². The Bertz CT molecular complexity index is 52.4. The second-order valence-electron chi connectivity index (χ2n) is 1.82. The normalized spacial score (nSPS) is 27.4. The van der Waals surface area contributed by atoms with Crippen LogP contribution < -0.4 is 0 Å². The quantitative estimate of drug-likeness (QED) is 0.501. The van der Waals surface area contributed by atoms with E-state index in [0.717, 1.165) is 19.4 Å². The Kier molecular flexibility index (Phi) is 6.39. The second-order valence-corrected chi connectivity index (χ2v) is 1.82. The minimum absolute atomic E-state index is 0. The Labute approximate surface area is 92.0 Å². The molecule has 1 saturated heterocycles. The molecule has 2 nitrogen and oxygen atoms in total. The molecule has 1 unspecified atom stereocenters. The molecule has 1 aliphatic rings. The zero-order valence-corrected chi connectivity index (χ0v) is 4.26. The van der Waals surface area contributed by atoms with E-state index in [1.165, 1.54) is 0 Å². The van der Waals surface area contributed by atoms with Gasteiger partial charge in [-0.15, -0.1) is 0 Å². The van der Waals surface area contributed by atoms with Gasteiger partial charge in [0.05, 0.1) is 12.7 Å². The third kappa shape index (κ3) is 2.91. The average Bonchev–Trinajstić information content (AvgIpc) is 2.14. The molecule has 0 spiro atoms. The Hall–Kier alpha value is 1.56. The third-order valence-electron chi connectivity index (χ3n) is 1.23. The fourth-order valence-electron chi connectivity index (χ4n) is 0.788. The van der Waals surface area contributed by atoms with E-state index in [1.54, 1.807) is 0 Å². The summed E-state index contributed by atoms with van der Waals surface area (Å²) in [6.45, 7) is 1.03. The molecule has 0 saturated carbocycles. The van der Waals surface area contributed by atoms with Crippen molar-refractivity contribution in [3.8, 4) is 0 Å². The van der Waals surface area contributed by atoms with Gasteiger partial charge in [0.25, 0.3) is 0 Å². The molecular formula is C5H11KO2. The van der Waals surface area contributed by atoms with Crippen molar-refractivity contribution in [2.75, 3.05) is 13.2 Å². The molecule has 1 N–H and O–H groups in total. The standard InChI is InChI=1S/C5H10O2.K.H/c6-4-5-2-1-3-7-5;;/h5-6H,1-4H2;;. The Morgan fingerprint density at radius 1 is 1.62 bits per heavy atom. The van der Waals surface area contributed by atoms with Crippen LogP contribution in [0, 0.1) is 0 Å². The average molecular weight is 142 g/mol. The van der Waals surface area contributed by atoms with Crippen molar-refractivity contribution in [2.24, 2.45) is 0 Å². The first-order valence-electron chi connectivity index (χ1n) is 2.66. The molecule has 1 fully saturated rings. The molecule has 1 rings (SSSR count). The number of aliphatic hydroxyl groups excluding tert-OH is 1. The zero-order chi connectivity index (χ0) is 5.11. The SMILES string of the molecule is OCC1CCCO1.[KH]. The molecule has 1 heterocycles. The first-order valence-corrected chi connectivity index (χ1v) is 2.66. The van der Waals surface area contributed by atoms with Gasteiger partial charge in [0, 0.05) is 6.61 Å². The summed E-state index contributed by atoms with van der Waals surface area (Å²) >= 11 is 0. The zero-order valence-electron chi connectivity index (χ0n) is 4.26. The third-order valence-corrected chi connectivity index (χ3v) is 1.23. The minimum atomic E-state index is 0. The number of hydrogen-bond acceptors (Lipinski definition) is 2. The van der Waals surface area contributed by atoms with Gasteiger partial charge < -0.3 is 9.84 Å². The molecule has 0 bridgehead atoms. The maximum absolute atomic E-state index is 8.44. The van der Waals surface area contributed by atoms with Crippen LogP contribution >= 0.6 is 0 Å². The van der Waals surface area contributed by atoms with Gasteiger partial charge in [-0.1, -0.05) is 0 Å².